The van der Waals surface area contributed by atoms with E-state index in [0.717, 1.165) is 17.5 Å². The second-order valence-corrected chi connectivity index (χ2v) is 5.96. The number of carboxylic acids is 1. The first kappa shape index (κ1) is 17.7. The second-order valence-electron chi connectivity index (χ2n) is 5.96. The van der Waals surface area contributed by atoms with Crippen molar-refractivity contribution >= 4 is 11.9 Å². The monoisotopic (exact) mass is 325 g/mol. The highest BCUT2D eigenvalue weighted by Crippen LogP contribution is 2.16. The topological polar surface area (TPSA) is 66.4 Å². The average molecular weight is 325 g/mol. The summed E-state index contributed by atoms with van der Waals surface area (Å²) in [6.07, 6.45) is 1.27. The van der Waals surface area contributed by atoms with E-state index >= 15 is 0 Å². The standard InChI is InChI=1S/C20H23NO3/c1-15(17-10-6-3-7-11-17)20(24)21-18(14-19(22)23)13-12-16-8-4-2-5-9-16/h2-11,15,18H,12-14H2,1H3,(H,21,24)(H,22,23)/t15?,18-/m1/s1. The van der Waals surface area contributed by atoms with Gasteiger partial charge in [0.25, 0.3) is 0 Å². The molecule has 4 heteroatoms. The van der Waals surface area contributed by atoms with Crippen LogP contribution in [0.3, 0.4) is 0 Å². The largest absolute Gasteiger partial charge is 0.481 e. The molecular weight excluding hydrogens is 302 g/mol. The zero-order valence-electron chi connectivity index (χ0n) is 13.8. The molecule has 24 heavy (non-hydrogen) atoms. The van der Waals surface area contributed by atoms with Crippen molar-refractivity contribution in [2.24, 2.45) is 0 Å². The van der Waals surface area contributed by atoms with Crippen molar-refractivity contribution in [3.8, 4) is 0 Å². The lowest BCUT2D eigenvalue weighted by Crippen LogP contribution is -2.39. The van der Waals surface area contributed by atoms with Gasteiger partial charge in [0.1, 0.15) is 0 Å². The van der Waals surface area contributed by atoms with E-state index in [1.165, 1.54) is 0 Å². The Balaban J connectivity index is 1.97. The van der Waals surface area contributed by atoms with Crippen molar-refractivity contribution in [2.45, 2.75) is 38.1 Å². The fourth-order valence-corrected chi connectivity index (χ4v) is 2.64. The summed E-state index contributed by atoms with van der Waals surface area (Å²) in [7, 11) is 0. The lowest BCUT2D eigenvalue weighted by Gasteiger charge is -2.20. The Morgan fingerprint density at radius 3 is 2.17 bits per heavy atom. The van der Waals surface area contributed by atoms with Crippen molar-refractivity contribution in [3.05, 3.63) is 71.8 Å². The number of aliphatic carboxylic acids is 1. The van der Waals surface area contributed by atoms with Crippen LogP contribution in [0.25, 0.3) is 0 Å². The van der Waals surface area contributed by atoms with Crippen LogP contribution in [0.4, 0.5) is 0 Å². The molecule has 0 radical (unpaired) electrons. The number of hydrogen-bond acceptors (Lipinski definition) is 2. The molecule has 2 aromatic rings. The zero-order chi connectivity index (χ0) is 17.4. The summed E-state index contributed by atoms with van der Waals surface area (Å²) in [4.78, 5) is 23.5. The van der Waals surface area contributed by atoms with Crippen LogP contribution in [-0.4, -0.2) is 23.0 Å². The minimum Gasteiger partial charge on any atom is -0.481 e. The molecule has 0 saturated carbocycles. The Kier molecular flexibility index (Phi) is 6.55. The van der Waals surface area contributed by atoms with Gasteiger partial charge in [-0.2, -0.15) is 0 Å². The highest BCUT2D eigenvalue weighted by molar-refractivity contribution is 5.84. The van der Waals surface area contributed by atoms with Gasteiger partial charge < -0.3 is 10.4 Å². The van der Waals surface area contributed by atoms with E-state index < -0.39 is 5.97 Å². The van der Waals surface area contributed by atoms with Crippen molar-refractivity contribution in [1.82, 2.24) is 5.32 Å². The molecule has 0 aliphatic rings. The lowest BCUT2D eigenvalue weighted by atomic mass is 9.98. The lowest BCUT2D eigenvalue weighted by molar-refractivity contribution is -0.137. The maximum absolute atomic E-state index is 12.4. The summed E-state index contributed by atoms with van der Waals surface area (Å²) in [5, 5.41) is 12.0. The van der Waals surface area contributed by atoms with E-state index in [2.05, 4.69) is 5.32 Å². The van der Waals surface area contributed by atoms with Gasteiger partial charge >= 0.3 is 5.97 Å². The Hall–Kier alpha value is -2.62. The first-order valence-electron chi connectivity index (χ1n) is 8.17. The SMILES string of the molecule is CC(C(=O)N[C@H](CCc1ccccc1)CC(=O)O)c1ccccc1. The number of hydrogen-bond donors (Lipinski definition) is 2. The molecule has 0 spiro atoms. The second kappa shape index (κ2) is 8.87. The molecule has 0 aliphatic heterocycles. The van der Waals surface area contributed by atoms with Crippen molar-refractivity contribution in [2.75, 3.05) is 0 Å². The van der Waals surface area contributed by atoms with Gasteiger partial charge in [0.15, 0.2) is 0 Å². The summed E-state index contributed by atoms with van der Waals surface area (Å²) < 4.78 is 0. The molecule has 2 rings (SSSR count). The molecule has 126 valence electrons. The third-order valence-electron chi connectivity index (χ3n) is 4.08. The van der Waals surface area contributed by atoms with E-state index in [1.807, 2.05) is 67.6 Å². The van der Waals surface area contributed by atoms with Crippen LogP contribution in [0, 0.1) is 0 Å². The molecule has 0 aliphatic carbocycles. The normalized spacial score (nSPS) is 13.0. The number of amides is 1. The van der Waals surface area contributed by atoms with Crippen LogP contribution in [0.15, 0.2) is 60.7 Å². The number of nitrogens with one attached hydrogen (secondary N) is 1. The van der Waals surface area contributed by atoms with E-state index in [9.17, 15) is 9.59 Å². The molecule has 0 aromatic heterocycles. The molecule has 1 amide bonds. The van der Waals surface area contributed by atoms with Gasteiger partial charge in [-0.3, -0.25) is 9.59 Å². The fourth-order valence-electron chi connectivity index (χ4n) is 2.64. The minimum absolute atomic E-state index is 0.0694. The maximum Gasteiger partial charge on any atom is 0.305 e. The van der Waals surface area contributed by atoms with Crippen LogP contribution < -0.4 is 5.32 Å². The Morgan fingerprint density at radius 2 is 1.58 bits per heavy atom. The summed E-state index contributed by atoms with van der Waals surface area (Å²) >= 11 is 0. The highest BCUT2D eigenvalue weighted by atomic mass is 16.4. The van der Waals surface area contributed by atoms with Crippen molar-refractivity contribution in [3.63, 3.8) is 0 Å². The van der Waals surface area contributed by atoms with Crippen LogP contribution in [0.5, 0.6) is 0 Å². The third kappa shape index (κ3) is 5.54. The van der Waals surface area contributed by atoms with E-state index in [0.29, 0.717) is 6.42 Å². The molecular formula is C20H23NO3. The molecule has 2 aromatic carbocycles. The smallest absolute Gasteiger partial charge is 0.305 e. The fraction of sp³-hybridized carbons (Fsp3) is 0.300. The third-order valence-corrected chi connectivity index (χ3v) is 4.08. The van der Waals surface area contributed by atoms with Crippen LogP contribution in [0.1, 0.15) is 36.8 Å². The molecule has 0 bridgehead atoms. The van der Waals surface area contributed by atoms with E-state index in [1.54, 1.807) is 0 Å². The highest BCUT2D eigenvalue weighted by Gasteiger charge is 2.20. The maximum atomic E-state index is 12.4. The first-order chi connectivity index (χ1) is 11.6. The number of aryl methyl sites for hydroxylation is 1. The Labute approximate surface area is 142 Å². The number of carbonyl (C=O) groups is 2. The van der Waals surface area contributed by atoms with Gasteiger partial charge in [-0.1, -0.05) is 60.7 Å². The summed E-state index contributed by atoms with van der Waals surface area (Å²) in [6.45, 7) is 1.83. The van der Waals surface area contributed by atoms with Crippen LogP contribution in [0.2, 0.25) is 0 Å². The first-order valence-corrected chi connectivity index (χ1v) is 8.17. The predicted octanol–water partition coefficient (Wildman–Crippen LogP) is 3.38. The van der Waals surface area contributed by atoms with Crippen LogP contribution >= 0.6 is 0 Å². The molecule has 0 fully saturated rings. The average Bonchev–Trinajstić information content (AvgIpc) is 2.60. The molecule has 2 atom stereocenters. The van der Waals surface area contributed by atoms with Gasteiger partial charge in [-0.05, 0) is 30.9 Å². The quantitative estimate of drug-likeness (QED) is 0.782. The molecule has 0 saturated heterocycles. The van der Waals surface area contributed by atoms with Gasteiger partial charge in [0.05, 0.1) is 12.3 Å². The van der Waals surface area contributed by atoms with E-state index in [-0.39, 0.29) is 24.3 Å². The summed E-state index contributed by atoms with van der Waals surface area (Å²) in [6, 6.07) is 19.0. The number of benzene rings is 2. The molecule has 0 heterocycles. The van der Waals surface area contributed by atoms with Gasteiger partial charge in [0.2, 0.25) is 5.91 Å². The minimum atomic E-state index is -0.902. The zero-order valence-corrected chi connectivity index (χ0v) is 13.8. The van der Waals surface area contributed by atoms with Crippen molar-refractivity contribution < 1.29 is 14.7 Å². The summed E-state index contributed by atoms with van der Waals surface area (Å²) in [5.74, 6) is -1.35. The van der Waals surface area contributed by atoms with Gasteiger partial charge in [-0.25, -0.2) is 0 Å². The van der Waals surface area contributed by atoms with Crippen LogP contribution in [-0.2, 0) is 16.0 Å². The number of rotatable bonds is 8. The van der Waals surface area contributed by atoms with Crippen molar-refractivity contribution in [1.29, 1.82) is 0 Å². The summed E-state index contributed by atoms with van der Waals surface area (Å²) in [5.41, 5.74) is 2.06. The van der Waals surface area contributed by atoms with Gasteiger partial charge in [0, 0.05) is 6.04 Å². The molecule has 1 unspecified atom stereocenters. The Morgan fingerprint density at radius 1 is 1.00 bits per heavy atom. The predicted molar refractivity (Wildman–Crippen MR) is 93.8 cm³/mol. The Bertz CT molecular complexity index is 655. The molecule has 2 N–H and O–H groups in total. The number of carboxylic acid groups (broad SMARTS) is 1. The van der Waals surface area contributed by atoms with Gasteiger partial charge in [-0.15, -0.1) is 0 Å². The van der Waals surface area contributed by atoms with E-state index in [4.69, 9.17) is 5.11 Å². The molecule has 4 nitrogen and oxygen atoms in total. The number of carbonyl (C=O) groups excluding carboxylic acids is 1.